The van der Waals surface area contributed by atoms with Gasteiger partial charge in [-0.3, -0.25) is 10.1 Å². The van der Waals surface area contributed by atoms with Crippen LogP contribution >= 0.6 is 23.2 Å². The van der Waals surface area contributed by atoms with Gasteiger partial charge in [0.05, 0.1) is 23.2 Å². The van der Waals surface area contributed by atoms with Crippen LogP contribution in [0.1, 0.15) is 21.5 Å². The van der Waals surface area contributed by atoms with E-state index in [4.69, 9.17) is 23.2 Å². The van der Waals surface area contributed by atoms with Crippen LogP contribution < -0.4 is 0 Å². The Morgan fingerprint density at radius 2 is 1.68 bits per heavy atom. The van der Waals surface area contributed by atoms with Crippen LogP contribution in [0.25, 0.3) is 0 Å². The van der Waals surface area contributed by atoms with Crippen molar-refractivity contribution in [2.24, 2.45) is 10.2 Å². The normalized spacial score (nSPS) is 12.0. The fraction of sp³-hybridized carbons (Fsp3) is 0.0625. The highest BCUT2D eigenvalue weighted by atomic mass is 35.5. The van der Waals surface area contributed by atoms with Crippen LogP contribution in [-0.4, -0.2) is 28.3 Å². The predicted molar refractivity (Wildman–Crippen MR) is 95.7 cm³/mol. The van der Waals surface area contributed by atoms with Crippen LogP contribution in [-0.2, 0) is 4.74 Å². The molecule has 25 heavy (non-hydrogen) atoms. The molecule has 0 aromatic heterocycles. The van der Waals surface area contributed by atoms with E-state index >= 15 is 0 Å². The van der Waals surface area contributed by atoms with E-state index in [-0.39, 0.29) is 21.6 Å². The van der Waals surface area contributed by atoms with Gasteiger partial charge in [-0.25, -0.2) is 4.79 Å². The number of carbonyl (C=O) groups is 1. The van der Waals surface area contributed by atoms with Crippen molar-refractivity contribution in [1.82, 2.24) is 0 Å². The highest BCUT2D eigenvalue weighted by Crippen LogP contribution is 2.20. The molecule has 0 bridgehead atoms. The number of ether oxygens (including phenoxy) is 1. The standard InChI is InChI=1S/C16H11Cl2N3O4/c1-25-16(22)11-6-4-5-10(9-11)14(17)19-20-15(18)12-7-2-3-8-13(12)21(23)24/h2-9H,1H3/b19-14+,20-15-. The minimum Gasteiger partial charge on any atom is -0.465 e. The molecule has 0 radical (unpaired) electrons. The van der Waals surface area contributed by atoms with Crippen molar-refractivity contribution < 1.29 is 14.5 Å². The molecule has 0 heterocycles. The number of methoxy groups -OCH3 is 1. The number of benzene rings is 2. The zero-order valence-electron chi connectivity index (χ0n) is 12.8. The second kappa shape index (κ2) is 8.36. The summed E-state index contributed by atoms with van der Waals surface area (Å²) in [4.78, 5) is 22.0. The molecule has 0 atom stereocenters. The molecule has 0 N–H and O–H groups in total. The van der Waals surface area contributed by atoms with Gasteiger partial charge in [-0.05, 0) is 18.2 Å². The zero-order chi connectivity index (χ0) is 18.4. The molecule has 2 aromatic rings. The quantitative estimate of drug-likeness (QED) is 0.340. The van der Waals surface area contributed by atoms with Gasteiger partial charge in [-0.2, -0.15) is 0 Å². The third-order valence-electron chi connectivity index (χ3n) is 3.07. The summed E-state index contributed by atoms with van der Waals surface area (Å²) in [7, 11) is 1.27. The van der Waals surface area contributed by atoms with Gasteiger partial charge in [0.2, 0.25) is 0 Å². The number of esters is 1. The van der Waals surface area contributed by atoms with Crippen LogP contribution in [0.3, 0.4) is 0 Å². The first-order valence-electron chi connectivity index (χ1n) is 6.83. The highest BCUT2D eigenvalue weighted by Gasteiger charge is 2.16. The van der Waals surface area contributed by atoms with E-state index in [2.05, 4.69) is 14.9 Å². The molecule has 2 aromatic carbocycles. The van der Waals surface area contributed by atoms with E-state index < -0.39 is 10.9 Å². The van der Waals surface area contributed by atoms with E-state index in [0.717, 1.165) is 0 Å². The summed E-state index contributed by atoms with van der Waals surface area (Å²) in [5.74, 6) is -0.521. The minimum atomic E-state index is -0.571. The monoisotopic (exact) mass is 379 g/mol. The maximum Gasteiger partial charge on any atom is 0.337 e. The second-order valence-electron chi connectivity index (χ2n) is 4.63. The van der Waals surface area contributed by atoms with Crippen molar-refractivity contribution in [3.8, 4) is 0 Å². The Morgan fingerprint density at radius 1 is 1.04 bits per heavy atom. The van der Waals surface area contributed by atoms with Crippen LogP contribution in [0.15, 0.2) is 58.7 Å². The molecule has 0 aliphatic rings. The first-order valence-corrected chi connectivity index (χ1v) is 7.59. The fourth-order valence-electron chi connectivity index (χ4n) is 1.90. The number of hydrogen-bond donors (Lipinski definition) is 0. The lowest BCUT2D eigenvalue weighted by Crippen LogP contribution is -2.03. The van der Waals surface area contributed by atoms with Gasteiger partial charge in [0.25, 0.3) is 5.69 Å². The topological polar surface area (TPSA) is 94.2 Å². The van der Waals surface area contributed by atoms with Crippen LogP contribution in [0.2, 0.25) is 0 Å². The summed E-state index contributed by atoms with van der Waals surface area (Å²) in [5.41, 5.74) is 0.628. The molecule has 9 heteroatoms. The molecule has 0 amide bonds. The number of hydrogen-bond acceptors (Lipinski definition) is 6. The number of carbonyl (C=O) groups excluding carboxylic acids is 1. The van der Waals surface area contributed by atoms with Gasteiger partial charge in [0.15, 0.2) is 10.3 Å². The van der Waals surface area contributed by atoms with Crippen molar-refractivity contribution in [2.45, 2.75) is 0 Å². The number of nitro groups is 1. The number of nitrogens with zero attached hydrogens (tertiary/aromatic N) is 3. The average molecular weight is 380 g/mol. The summed E-state index contributed by atoms with van der Waals surface area (Å²) in [6.07, 6.45) is 0. The smallest absolute Gasteiger partial charge is 0.337 e. The summed E-state index contributed by atoms with van der Waals surface area (Å²) in [5, 5.41) is 18.3. The van der Waals surface area contributed by atoms with Gasteiger partial charge in [0.1, 0.15) is 0 Å². The van der Waals surface area contributed by atoms with E-state index in [9.17, 15) is 14.9 Å². The first kappa shape index (κ1) is 18.6. The van der Waals surface area contributed by atoms with Crippen molar-refractivity contribution in [2.75, 3.05) is 7.11 Å². The molecule has 128 valence electrons. The number of halogens is 2. The second-order valence-corrected chi connectivity index (χ2v) is 5.34. The molecular weight excluding hydrogens is 369 g/mol. The van der Waals surface area contributed by atoms with Gasteiger partial charge in [-0.15, -0.1) is 10.2 Å². The van der Waals surface area contributed by atoms with Crippen molar-refractivity contribution >= 4 is 45.2 Å². The molecule has 0 spiro atoms. The molecular formula is C16H11Cl2N3O4. The number of para-hydroxylation sites is 1. The largest absolute Gasteiger partial charge is 0.465 e. The highest BCUT2D eigenvalue weighted by molar-refractivity contribution is 6.71. The van der Waals surface area contributed by atoms with E-state index in [0.29, 0.717) is 11.1 Å². The Kier molecular flexibility index (Phi) is 6.21. The third kappa shape index (κ3) is 4.62. The Morgan fingerprint density at radius 3 is 2.36 bits per heavy atom. The number of nitro benzene ring substituents is 1. The lowest BCUT2D eigenvalue weighted by Gasteiger charge is -2.02. The first-order chi connectivity index (χ1) is 11.9. The summed E-state index contributed by atoms with van der Waals surface area (Å²) < 4.78 is 4.63. The van der Waals surface area contributed by atoms with Crippen molar-refractivity contribution in [3.63, 3.8) is 0 Å². The molecule has 0 aliphatic carbocycles. The lowest BCUT2D eigenvalue weighted by molar-refractivity contribution is -0.385. The van der Waals surface area contributed by atoms with Crippen LogP contribution in [0, 0.1) is 10.1 Å². The Bertz CT molecular complexity index is 881. The SMILES string of the molecule is COC(=O)c1cccc(/C(Cl)=N\N=C(/Cl)c2ccccc2[N+](=O)[O-])c1. The maximum absolute atomic E-state index is 11.5. The fourth-order valence-corrected chi connectivity index (χ4v) is 2.25. The van der Waals surface area contributed by atoms with Crippen LogP contribution in [0.4, 0.5) is 5.69 Å². The predicted octanol–water partition coefficient (Wildman–Crippen LogP) is 3.97. The molecule has 0 saturated heterocycles. The molecule has 0 aliphatic heterocycles. The van der Waals surface area contributed by atoms with Gasteiger partial charge < -0.3 is 4.74 Å². The van der Waals surface area contributed by atoms with Gasteiger partial charge in [-0.1, -0.05) is 47.5 Å². The van der Waals surface area contributed by atoms with E-state index in [1.165, 1.54) is 31.4 Å². The average Bonchev–Trinajstić information content (AvgIpc) is 2.65. The summed E-state index contributed by atoms with van der Waals surface area (Å²) in [6.45, 7) is 0. The molecule has 0 saturated carbocycles. The van der Waals surface area contributed by atoms with Gasteiger partial charge >= 0.3 is 5.97 Å². The van der Waals surface area contributed by atoms with E-state index in [1.807, 2.05) is 0 Å². The lowest BCUT2D eigenvalue weighted by atomic mass is 10.1. The van der Waals surface area contributed by atoms with Crippen molar-refractivity contribution in [3.05, 3.63) is 75.3 Å². The maximum atomic E-state index is 11.5. The number of rotatable bonds is 5. The Balaban J connectivity index is 2.33. The van der Waals surface area contributed by atoms with Crippen molar-refractivity contribution in [1.29, 1.82) is 0 Å². The zero-order valence-corrected chi connectivity index (χ0v) is 14.4. The minimum absolute atomic E-state index is 0.0394. The van der Waals surface area contributed by atoms with Gasteiger partial charge in [0, 0.05) is 11.6 Å². The molecule has 2 rings (SSSR count). The Labute approximate surface area is 152 Å². The van der Waals surface area contributed by atoms with E-state index in [1.54, 1.807) is 24.3 Å². The summed E-state index contributed by atoms with van der Waals surface area (Å²) >= 11 is 12.1. The third-order valence-corrected chi connectivity index (χ3v) is 3.64. The molecule has 0 fully saturated rings. The van der Waals surface area contributed by atoms with Crippen LogP contribution in [0.5, 0.6) is 0 Å². The Hall–Kier alpha value is -2.77. The summed E-state index contributed by atoms with van der Waals surface area (Å²) in [6, 6.07) is 12.1. The molecule has 0 unspecified atom stereocenters. The molecule has 7 nitrogen and oxygen atoms in total.